The first kappa shape index (κ1) is 13.6. The summed E-state index contributed by atoms with van der Waals surface area (Å²) >= 11 is 0. The Balaban J connectivity index is 1.47. The highest BCUT2D eigenvalue weighted by molar-refractivity contribution is 5.83. The van der Waals surface area contributed by atoms with Gasteiger partial charge in [0.1, 0.15) is 11.6 Å². The summed E-state index contributed by atoms with van der Waals surface area (Å²) in [5.41, 5.74) is 0.857. The molecule has 2 aliphatic carbocycles. The monoisotopic (exact) mass is 299 g/mol. The Bertz CT molecular complexity index is 678. The van der Waals surface area contributed by atoms with E-state index in [0.717, 1.165) is 30.6 Å². The largest absolute Gasteiger partial charge is 0.469 e. The van der Waals surface area contributed by atoms with Crippen molar-refractivity contribution < 1.29 is 13.6 Å². The Hall–Kier alpha value is -2.10. The van der Waals surface area contributed by atoms with Crippen LogP contribution in [0, 0.1) is 11.7 Å². The number of rotatable bonds is 5. The number of amides is 1. The molecule has 2 saturated carbocycles. The van der Waals surface area contributed by atoms with Gasteiger partial charge in [-0.1, -0.05) is 12.1 Å². The lowest BCUT2D eigenvalue weighted by atomic mass is 10.1. The van der Waals surface area contributed by atoms with Gasteiger partial charge in [0.2, 0.25) is 5.91 Å². The summed E-state index contributed by atoms with van der Waals surface area (Å²) in [6, 6.07) is 10.6. The van der Waals surface area contributed by atoms with Gasteiger partial charge in [-0.2, -0.15) is 0 Å². The van der Waals surface area contributed by atoms with Crippen molar-refractivity contribution >= 4 is 5.91 Å². The fraction of sp³-hybridized carbons (Fsp3) is 0.389. The van der Waals surface area contributed by atoms with Gasteiger partial charge in [0, 0.05) is 24.4 Å². The van der Waals surface area contributed by atoms with E-state index < -0.39 is 0 Å². The topological polar surface area (TPSA) is 33.5 Å². The number of carbonyl (C=O) groups excluding carboxylic acids is 1. The molecule has 3 nitrogen and oxygen atoms in total. The second-order valence-electron chi connectivity index (χ2n) is 6.29. The maximum Gasteiger partial charge on any atom is 0.226 e. The summed E-state index contributed by atoms with van der Waals surface area (Å²) in [6.45, 7) is 0.503. The molecule has 0 radical (unpaired) electrons. The van der Waals surface area contributed by atoms with Crippen molar-refractivity contribution in [3.8, 4) is 0 Å². The minimum atomic E-state index is -0.249. The zero-order valence-corrected chi connectivity index (χ0v) is 12.2. The Kier molecular flexibility index (Phi) is 3.25. The van der Waals surface area contributed by atoms with Crippen LogP contribution in [0.5, 0.6) is 0 Å². The first-order valence-electron chi connectivity index (χ1n) is 7.80. The summed E-state index contributed by atoms with van der Waals surface area (Å²) < 4.78 is 18.7. The Morgan fingerprint density at radius 2 is 2.14 bits per heavy atom. The van der Waals surface area contributed by atoms with E-state index in [2.05, 4.69) is 0 Å². The Labute approximate surface area is 128 Å². The van der Waals surface area contributed by atoms with Crippen molar-refractivity contribution in [1.82, 2.24) is 4.90 Å². The van der Waals surface area contributed by atoms with Crippen molar-refractivity contribution in [1.29, 1.82) is 0 Å². The van der Waals surface area contributed by atoms with E-state index in [1.54, 1.807) is 12.3 Å². The molecule has 1 heterocycles. The van der Waals surface area contributed by atoms with Crippen LogP contribution in [0.25, 0.3) is 0 Å². The molecule has 1 amide bonds. The van der Waals surface area contributed by atoms with Crippen LogP contribution in [0.3, 0.4) is 0 Å². The molecule has 1 aromatic heterocycles. The van der Waals surface area contributed by atoms with Crippen LogP contribution in [0.2, 0.25) is 0 Å². The number of nitrogens with zero attached hydrogens (tertiary/aromatic N) is 1. The summed E-state index contributed by atoms with van der Waals surface area (Å²) in [4.78, 5) is 14.7. The number of halogens is 1. The maximum atomic E-state index is 13.3. The molecule has 0 spiro atoms. The predicted octanol–water partition coefficient (Wildman–Crippen LogP) is 3.71. The number of benzene rings is 1. The first-order chi connectivity index (χ1) is 10.7. The molecular formula is C18H18FNO2. The second kappa shape index (κ2) is 5.27. The average molecular weight is 299 g/mol. The molecule has 0 unspecified atom stereocenters. The lowest BCUT2D eigenvalue weighted by molar-refractivity contribution is -0.134. The SMILES string of the molecule is O=C([C@H]1C[C@@H]1c1ccco1)N(Cc1cccc(F)c1)C1CC1. The zero-order chi connectivity index (χ0) is 15.1. The van der Waals surface area contributed by atoms with E-state index in [1.165, 1.54) is 12.1 Å². The highest BCUT2D eigenvalue weighted by Gasteiger charge is 2.49. The van der Waals surface area contributed by atoms with Gasteiger partial charge in [0.05, 0.1) is 6.26 Å². The molecule has 0 bridgehead atoms. The van der Waals surface area contributed by atoms with Gasteiger partial charge in [0.15, 0.2) is 0 Å². The van der Waals surface area contributed by atoms with Crippen molar-refractivity contribution in [3.05, 3.63) is 59.8 Å². The quantitative estimate of drug-likeness (QED) is 0.843. The molecule has 2 atom stereocenters. The standard InChI is InChI=1S/C18H18FNO2/c19-13-4-1-3-12(9-13)11-20(14-6-7-14)18(21)16-10-15(16)17-5-2-8-22-17/h1-5,8-9,14-16H,6-7,10-11H2/t15-,16-/m0/s1. The van der Waals surface area contributed by atoms with Crippen LogP contribution in [-0.4, -0.2) is 16.8 Å². The van der Waals surface area contributed by atoms with Crippen LogP contribution in [0.15, 0.2) is 47.1 Å². The van der Waals surface area contributed by atoms with Gasteiger partial charge >= 0.3 is 0 Å². The van der Waals surface area contributed by atoms with Crippen molar-refractivity contribution in [3.63, 3.8) is 0 Å². The fourth-order valence-corrected chi connectivity index (χ4v) is 3.10. The highest BCUT2D eigenvalue weighted by Crippen LogP contribution is 2.49. The second-order valence-corrected chi connectivity index (χ2v) is 6.29. The van der Waals surface area contributed by atoms with E-state index in [4.69, 9.17) is 4.42 Å². The van der Waals surface area contributed by atoms with Gasteiger partial charge in [-0.3, -0.25) is 4.79 Å². The van der Waals surface area contributed by atoms with Gasteiger partial charge < -0.3 is 9.32 Å². The van der Waals surface area contributed by atoms with Crippen molar-refractivity contribution in [2.24, 2.45) is 5.92 Å². The van der Waals surface area contributed by atoms with Gasteiger partial charge in [-0.15, -0.1) is 0 Å². The molecule has 2 aromatic rings. The minimum Gasteiger partial charge on any atom is -0.469 e. The van der Waals surface area contributed by atoms with E-state index in [-0.39, 0.29) is 23.6 Å². The summed E-state index contributed by atoms with van der Waals surface area (Å²) in [7, 11) is 0. The first-order valence-corrected chi connectivity index (χ1v) is 7.80. The Morgan fingerprint density at radius 1 is 1.27 bits per heavy atom. The highest BCUT2D eigenvalue weighted by atomic mass is 19.1. The summed E-state index contributed by atoms with van der Waals surface area (Å²) in [6.07, 6.45) is 4.62. The molecule has 0 aliphatic heterocycles. The molecule has 4 heteroatoms. The average Bonchev–Trinajstić information content (AvgIpc) is 3.44. The molecule has 2 fully saturated rings. The third kappa shape index (κ3) is 2.65. The predicted molar refractivity (Wildman–Crippen MR) is 79.5 cm³/mol. The van der Waals surface area contributed by atoms with E-state index in [9.17, 15) is 9.18 Å². The summed E-state index contributed by atoms with van der Waals surface area (Å²) in [5, 5.41) is 0. The lowest BCUT2D eigenvalue weighted by Gasteiger charge is -2.23. The van der Waals surface area contributed by atoms with Crippen molar-refractivity contribution in [2.45, 2.75) is 37.8 Å². The normalized spacial score (nSPS) is 23.3. The number of furan rings is 1. The third-order valence-corrected chi connectivity index (χ3v) is 4.53. The number of carbonyl (C=O) groups is 1. The van der Waals surface area contributed by atoms with Gasteiger partial charge in [-0.05, 0) is 49.1 Å². The van der Waals surface area contributed by atoms with Crippen molar-refractivity contribution in [2.75, 3.05) is 0 Å². The Morgan fingerprint density at radius 3 is 2.82 bits per heavy atom. The number of hydrogen-bond acceptors (Lipinski definition) is 2. The third-order valence-electron chi connectivity index (χ3n) is 4.53. The van der Waals surface area contributed by atoms with E-state index in [0.29, 0.717) is 12.6 Å². The molecule has 114 valence electrons. The molecular weight excluding hydrogens is 281 g/mol. The molecule has 4 rings (SSSR count). The van der Waals surface area contributed by atoms with Gasteiger partial charge in [-0.25, -0.2) is 4.39 Å². The fourth-order valence-electron chi connectivity index (χ4n) is 3.10. The number of hydrogen-bond donors (Lipinski definition) is 0. The molecule has 22 heavy (non-hydrogen) atoms. The van der Waals surface area contributed by atoms with Crippen LogP contribution >= 0.6 is 0 Å². The van der Waals surface area contributed by atoms with Gasteiger partial charge in [0.25, 0.3) is 0 Å². The lowest BCUT2D eigenvalue weighted by Crippen LogP contribution is -2.34. The minimum absolute atomic E-state index is 0.0281. The van der Waals surface area contributed by atoms with E-state index in [1.807, 2.05) is 23.1 Å². The molecule has 1 aromatic carbocycles. The molecule has 2 aliphatic rings. The maximum absolute atomic E-state index is 13.3. The van der Waals surface area contributed by atoms with Crippen LogP contribution in [0.4, 0.5) is 4.39 Å². The van der Waals surface area contributed by atoms with Crippen LogP contribution in [-0.2, 0) is 11.3 Å². The van der Waals surface area contributed by atoms with Crippen LogP contribution in [0.1, 0.15) is 36.5 Å². The van der Waals surface area contributed by atoms with Crippen LogP contribution < -0.4 is 0 Å². The summed E-state index contributed by atoms with van der Waals surface area (Å²) in [5.74, 6) is 1.09. The molecule has 0 saturated heterocycles. The molecule has 0 N–H and O–H groups in total. The zero-order valence-electron chi connectivity index (χ0n) is 12.2. The smallest absolute Gasteiger partial charge is 0.226 e. The van der Waals surface area contributed by atoms with E-state index >= 15 is 0 Å².